The molecule has 1 aromatic carbocycles. The Bertz CT molecular complexity index is 666. The zero-order valence-corrected chi connectivity index (χ0v) is 12.5. The average molecular weight is 286 g/mol. The number of anilines is 1. The number of nitro benzene ring substituents is 1. The Hall–Kier alpha value is -2.50. The number of nitrogens with one attached hydrogen (secondary N) is 1. The molecule has 0 atom stereocenters. The first-order valence-corrected chi connectivity index (χ1v) is 6.75. The van der Waals surface area contributed by atoms with Crippen molar-refractivity contribution >= 4 is 11.5 Å². The predicted molar refractivity (Wildman–Crippen MR) is 82.5 cm³/mol. The van der Waals surface area contributed by atoms with Crippen LogP contribution in [0.25, 0.3) is 11.4 Å². The van der Waals surface area contributed by atoms with Crippen molar-refractivity contribution < 1.29 is 4.92 Å². The Morgan fingerprint density at radius 3 is 2.29 bits per heavy atom. The van der Waals surface area contributed by atoms with Gasteiger partial charge in [-0.3, -0.25) is 10.1 Å². The maximum absolute atomic E-state index is 10.7. The number of rotatable bonds is 4. The van der Waals surface area contributed by atoms with Gasteiger partial charge in [-0.15, -0.1) is 0 Å². The van der Waals surface area contributed by atoms with Crippen LogP contribution in [0.3, 0.4) is 0 Å². The maximum atomic E-state index is 10.7. The molecule has 2 rings (SSSR count). The number of aromatic nitrogens is 2. The second kappa shape index (κ2) is 5.87. The van der Waals surface area contributed by atoms with Gasteiger partial charge in [-0.2, -0.15) is 0 Å². The highest BCUT2D eigenvalue weighted by molar-refractivity contribution is 5.61. The first kappa shape index (κ1) is 14.9. The fourth-order valence-corrected chi connectivity index (χ4v) is 2.32. The van der Waals surface area contributed by atoms with E-state index >= 15 is 0 Å². The number of non-ortho nitro benzene ring substituents is 1. The van der Waals surface area contributed by atoms with Gasteiger partial charge in [0.05, 0.1) is 4.92 Å². The monoisotopic (exact) mass is 286 g/mol. The lowest BCUT2D eigenvalue weighted by molar-refractivity contribution is -0.384. The highest BCUT2D eigenvalue weighted by Crippen LogP contribution is 2.28. The molecule has 0 amide bonds. The molecule has 0 radical (unpaired) electrons. The molecular formula is C15H18N4O2. The lowest BCUT2D eigenvalue weighted by Gasteiger charge is -2.15. The average Bonchev–Trinajstić information content (AvgIpc) is 2.45. The second-order valence-corrected chi connectivity index (χ2v) is 5.10. The van der Waals surface area contributed by atoms with Gasteiger partial charge < -0.3 is 5.32 Å². The normalized spacial score (nSPS) is 10.7. The van der Waals surface area contributed by atoms with E-state index in [1.54, 1.807) is 12.1 Å². The van der Waals surface area contributed by atoms with Crippen LogP contribution in [0.15, 0.2) is 24.3 Å². The van der Waals surface area contributed by atoms with Crippen LogP contribution in [-0.4, -0.2) is 21.9 Å². The number of nitro groups is 1. The molecule has 0 aliphatic heterocycles. The maximum Gasteiger partial charge on any atom is 0.269 e. The van der Waals surface area contributed by atoms with Gasteiger partial charge in [-0.1, -0.05) is 13.8 Å². The summed E-state index contributed by atoms with van der Waals surface area (Å²) in [6, 6.07) is 6.26. The van der Waals surface area contributed by atoms with E-state index < -0.39 is 4.92 Å². The van der Waals surface area contributed by atoms with E-state index in [1.807, 2.05) is 14.0 Å². The van der Waals surface area contributed by atoms with Gasteiger partial charge in [0.1, 0.15) is 5.82 Å². The highest BCUT2D eigenvalue weighted by atomic mass is 16.6. The van der Waals surface area contributed by atoms with Crippen molar-refractivity contribution in [2.45, 2.75) is 26.7 Å². The summed E-state index contributed by atoms with van der Waals surface area (Å²) in [5, 5.41) is 13.8. The molecule has 0 saturated carbocycles. The summed E-state index contributed by atoms with van der Waals surface area (Å²) in [4.78, 5) is 19.3. The van der Waals surface area contributed by atoms with Crippen LogP contribution in [0.5, 0.6) is 0 Å². The molecule has 0 fully saturated rings. The summed E-state index contributed by atoms with van der Waals surface area (Å²) < 4.78 is 0. The van der Waals surface area contributed by atoms with Gasteiger partial charge in [-0.05, 0) is 25.0 Å². The molecule has 0 unspecified atom stereocenters. The van der Waals surface area contributed by atoms with Crippen LogP contribution < -0.4 is 5.32 Å². The second-order valence-electron chi connectivity index (χ2n) is 5.10. The molecule has 1 heterocycles. The van der Waals surface area contributed by atoms with Crippen molar-refractivity contribution in [3.05, 3.63) is 45.6 Å². The van der Waals surface area contributed by atoms with Crippen molar-refractivity contribution in [2.24, 2.45) is 0 Å². The molecule has 0 aliphatic rings. The van der Waals surface area contributed by atoms with E-state index in [0.29, 0.717) is 11.7 Å². The van der Waals surface area contributed by atoms with E-state index in [-0.39, 0.29) is 5.69 Å². The smallest absolute Gasteiger partial charge is 0.269 e. The molecular weight excluding hydrogens is 268 g/mol. The molecule has 6 nitrogen and oxygen atoms in total. The number of nitrogens with zero attached hydrogens (tertiary/aromatic N) is 3. The summed E-state index contributed by atoms with van der Waals surface area (Å²) in [5.74, 6) is 1.68. The Labute approximate surface area is 123 Å². The van der Waals surface area contributed by atoms with Crippen LogP contribution in [0.1, 0.15) is 31.0 Å². The van der Waals surface area contributed by atoms with Crippen LogP contribution >= 0.6 is 0 Å². The molecule has 0 saturated heterocycles. The van der Waals surface area contributed by atoms with E-state index in [1.165, 1.54) is 12.1 Å². The van der Waals surface area contributed by atoms with Gasteiger partial charge >= 0.3 is 0 Å². The van der Waals surface area contributed by atoms with Gasteiger partial charge in [0.2, 0.25) is 0 Å². The molecule has 110 valence electrons. The minimum absolute atomic E-state index is 0.0584. The molecule has 1 aromatic heterocycles. The molecule has 21 heavy (non-hydrogen) atoms. The Balaban J connectivity index is 2.49. The molecule has 0 aliphatic carbocycles. The topological polar surface area (TPSA) is 81.0 Å². The fourth-order valence-electron chi connectivity index (χ4n) is 2.32. The van der Waals surface area contributed by atoms with Crippen molar-refractivity contribution in [3.8, 4) is 11.4 Å². The van der Waals surface area contributed by atoms with Crippen molar-refractivity contribution in [1.82, 2.24) is 9.97 Å². The third-order valence-corrected chi connectivity index (χ3v) is 3.29. The van der Waals surface area contributed by atoms with Gasteiger partial charge in [-0.25, -0.2) is 9.97 Å². The van der Waals surface area contributed by atoms with Gasteiger partial charge in [0, 0.05) is 36.0 Å². The van der Waals surface area contributed by atoms with E-state index in [0.717, 1.165) is 22.6 Å². The largest absolute Gasteiger partial charge is 0.373 e. The van der Waals surface area contributed by atoms with E-state index in [4.69, 9.17) is 0 Å². The number of aryl methyl sites for hydroxylation is 1. The Kier molecular flexibility index (Phi) is 4.16. The first-order valence-electron chi connectivity index (χ1n) is 6.75. The molecule has 0 spiro atoms. The minimum atomic E-state index is -0.420. The van der Waals surface area contributed by atoms with Crippen LogP contribution in [0.2, 0.25) is 0 Å². The summed E-state index contributed by atoms with van der Waals surface area (Å²) in [6.45, 7) is 6.14. The zero-order valence-electron chi connectivity index (χ0n) is 12.5. The van der Waals surface area contributed by atoms with E-state index in [9.17, 15) is 10.1 Å². The molecule has 2 aromatic rings. The van der Waals surface area contributed by atoms with Crippen LogP contribution in [0.4, 0.5) is 11.5 Å². The lowest BCUT2D eigenvalue weighted by atomic mass is 10.0. The quantitative estimate of drug-likeness (QED) is 0.687. The summed E-state index contributed by atoms with van der Waals surface area (Å²) in [7, 11) is 1.83. The standard InChI is InChI=1S/C15H18N4O2/c1-9(2)13-10(3)17-14(18-15(13)16-4)11-5-7-12(8-6-11)19(20)21/h5-9H,1-4H3,(H,16,17,18). The summed E-state index contributed by atoms with van der Waals surface area (Å²) in [5.41, 5.74) is 2.82. The number of benzene rings is 1. The van der Waals surface area contributed by atoms with Crippen molar-refractivity contribution in [1.29, 1.82) is 0 Å². The summed E-state index contributed by atoms with van der Waals surface area (Å²) >= 11 is 0. The molecule has 0 bridgehead atoms. The van der Waals surface area contributed by atoms with Crippen molar-refractivity contribution in [3.63, 3.8) is 0 Å². The first-order chi connectivity index (χ1) is 9.93. The summed E-state index contributed by atoms with van der Waals surface area (Å²) in [6.07, 6.45) is 0. The predicted octanol–water partition coefficient (Wildman–Crippen LogP) is 3.53. The van der Waals surface area contributed by atoms with Gasteiger partial charge in [0.25, 0.3) is 5.69 Å². The van der Waals surface area contributed by atoms with E-state index in [2.05, 4.69) is 29.1 Å². The van der Waals surface area contributed by atoms with Gasteiger partial charge in [0.15, 0.2) is 5.82 Å². The number of hydrogen-bond donors (Lipinski definition) is 1. The lowest BCUT2D eigenvalue weighted by Crippen LogP contribution is -2.07. The van der Waals surface area contributed by atoms with Crippen LogP contribution in [0, 0.1) is 17.0 Å². The minimum Gasteiger partial charge on any atom is -0.373 e. The third kappa shape index (κ3) is 2.99. The SMILES string of the molecule is CNc1nc(-c2ccc([N+](=O)[O-])cc2)nc(C)c1C(C)C. The molecule has 6 heteroatoms. The zero-order chi connectivity index (χ0) is 15.6. The highest BCUT2D eigenvalue weighted by Gasteiger charge is 2.15. The molecule has 1 N–H and O–H groups in total. The number of hydrogen-bond acceptors (Lipinski definition) is 5. The fraction of sp³-hybridized carbons (Fsp3) is 0.333. The Morgan fingerprint density at radius 2 is 1.81 bits per heavy atom. The van der Waals surface area contributed by atoms with Crippen LogP contribution in [-0.2, 0) is 0 Å². The van der Waals surface area contributed by atoms with Crippen molar-refractivity contribution in [2.75, 3.05) is 12.4 Å². The Morgan fingerprint density at radius 1 is 1.19 bits per heavy atom. The third-order valence-electron chi connectivity index (χ3n) is 3.29.